The first-order chi connectivity index (χ1) is 8.92. The van der Waals surface area contributed by atoms with Gasteiger partial charge in [0.05, 0.1) is 10.2 Å². The fourth-order valence-electron chi connectivity index (χ4n) is 2.34. The van der Waals surface area contributed by atoms with E-state index in [0.717, 1.165) is 20.5 Å². The lowest BCUT2D eigenvalue weighted by Gasteiger charge is -2.28. The molecule has 1 aromatic carbocycles. The van der Waals surface area contributed by atoms with Crippen molar-refractivity contribution in [3.8, 4) is 0 Å². The Balaban J connectivity index is 2.16. The maximum absolute atomic E-state index is 13.4. The lowest BCUT2D eigenvalue weighted by Crippen LogP contribution is -2.44. The van der Waals surface area contributed by atoms with Crippen LogP contribution in [0.4, 0.5) is 13.2 Å². The Hall–Kier alpha value is -0.660. The SMILES string of the molecule is FC(F)(F)C1(c2nc3ccc(Br)cc3s2)CCNC1. The van der Waals surface area contributed by atoms with Crippen molar-refractivity contribution in [3.63, 3.8) is 0 Å². The fraction of sp³-hybridized carbons (Fsp3) is 0.417. The van der Waals surface area contributed by atoms with Gasteiger partial charge in [-0.15, -0.1) is 11.3 Å². The molecule has 0 spiro atoms. The molecule has 7 heteroatoms. The second-order valence-corrected chi connectivity index (χ2v) is 6.58. The van der Waals surface area contributed by atoms with Crippen LogP contribution in [0.1, 0.15) is 11.4 Å². The molecule has 2 nitrogen and oxygen atoms in total. The lowest BCUT2D eigenvalue weighted by atomic mass is 9.87. The number of thiazole rings is 1. The quantitative estimate of drug-likeness (QED) is 0.844. The molecule has 19 heavy (non-hydrogen) atoms. The second-order valence-electron chi connectivity index (χ2n) is 4.64. The van der Waals surface area contributed by atoms with E-state index in [0.29, 0.717) is 12.1 Å². The van der Waals surface area contributed by atoms with Crippen LogP contribution in [0, 0.1) is 0 Å². The highest BCUT2D eigenvalue weighted by molar-refractivity contribution is 9.10. The van der Waals surface area contributed by atoms with Crippen LogP contribution in [0.5, 0.6) is 0 Å². The zero-order valence-corrected chi connectivity index (χ0v) is 12.1. The van der Waals surface area contributed by atoms with E-state index in [1.54, 1.807) is 12.1 Å². The summed E-state index contributed by atoms with van der Waals surface area (Å²) in [4.78, 5) is 4.21. The average Bonchev–Trinajstić information content (AvgIpc) is 2.93. The van der Waals surface area contributed by atoms with Crippen LogP contribution in [0.25, 0.3) is 10.2 Å². The predicted octanol–water partition coefficient (Wildman–Crippen LogP) is 3.85. The fourth-order valence-corrected chi connectivity index (χ4v) is 4.10. The molecule has 0 saturated carbocycles. The van der Waals surface area contributed by atoms with Gasteiger partial charge in [-0.25, -0.2) is 4.98 Å². The zero-order chi connectivity index (χ0) is 13.7. The minimum atomic E-state index is -4.28. The molecule has 1 aliphatic rings. The van der Waals surface area contributed by atoms with E-state index in [1.165, 1.54) is 0 Å². The van der Waals surface area contributed by atoms with Gasteiger partial charge in [0.1, 0.15) is 10.4 Å². The van der Waals surface area contributed by atoms with Crippen molar-refractivity contribution in [2.75, 3.05) is 13.1 Å². The van der Waals surface area contributed by atoms with Crippen molar-refractivity contribution in [1.29, 1.82) is 0 Å². The zero-order valence-electron chi connectivity index (χ0n) is 9.72. The van der Waals surface area contributed by atoms with Gasteiger partial charge in [-0.2, -0.15) is 13.2 Å². The Morgan fingerprint density at radius 1 is 1.37 bits per heavy atom. The Kier molecular flexibility index (Phi) is 3.11. The van der Waals surface area contributed by atoms with Gasteiger partial charge in [-0.3, -0.25) is 0 Å². The van der Waals surface area contributed by atoms with Gasteiger partial charge < -0.3 is 5.32 Å². The molecule has 1 unspecified atom stereocenters. The second kappa shape index (κ2) is 4.43. The first kappa shape index (κ1) is 13.3. The minimum absolute atomic E-state index is 0.0531. The monoisotopic (exact) mass is 350 g/mol. The van der Waals surface area contributed by atoms with Crippen LogP contribution >= 0.6 is 27.3 Å². The maximum Gasteiger partial charge on any atom is 0.402 e. The summed E-state index contributed by atoms with van der Waals surface area (Å²) < 4.78 is 41.9. The molecule has 1 aromatic heterocycles. The van der Waals surface area contributed by atoms with Crippen molar-refractivity contribution in [1.82, 2.24) is 10.3 Å². The number of halogens is 4. The summed E-state index contributed by atoms with van der Waals surface area (Å²) >= 11 is 4.46. The molecule has 0 radical (unpaired) electrons. The highest BCUT2D eigenvalue weighted by Crippen LogP contribution is 2.47. The van der Waals surface area contributed by atoms with E-state index >= 15 is 0 Å². The molecule has 3 rings (SSSR count). The lowest BCUT2D eigenvalue weighted by molar-refractivity contribution is -0.184. The summed E-state index contributed by atoms with van der Waals surface area (Å²) in [7, 11) is 0. The van der Waals surface area contributed by atoms with Crippen LogP contribution in [0.2, 0.25) is 0 Å². The normalized spacial score (nSPS) is 24.2. The smallest absolute Gasteiger partial charge is 0.315 e. The summed E-state index contributed by atoms with van der Waals surface area (Å²) in [5.74, 6) is 0. The molecule has 1 aliphatic heterocycles. The van der Waals surface area contributed by atoms with Crippen LogP contribution in [0.15, 0.2) is 22.7 Å². The molecule has 0 bridgehead atoms. The van der Waals surface area contributed by atoms with Crippen molar-refractivity contribution in [3.05, 3.63) is 27.7 Å². The summed E-state index contributed by atoms with van der Waals surface area (Å²) in [5, 5.41) is 2.98. The number of hydrogen-bond acceptors (Lipinski definition) is 3. The third-order valence-corrected chi connectivity index (χ3v) is 5.17. The van der Waals surface area contributed by atoms with Crippen molar-refractivity contribution < 1.29 is 13.2 Å². The number of benzene rings is 1. The molecule has 102 valence electrons. The molecule has 2 aromatic rings. The molecule has 1 fully saturated rings. The van der Waals surface area contributed by atoms with Gasteiger partial charge in [-0.05, 0) is 31.2 Å². The predicted molar refractivity (Wildman–Crippen MR) is 72.5 cm³/mol. The van der Waals surface area contributed by atoms with E-state index in [-0.39, 0.29) is 18.0 Å². The highest BCUT2D eigenvalue weighted by atomic mass is 79.9. The van der Waals surface area contributed by atoms with Gasteiger partial charge >= 0.3 is 6.18 Å². The van der Waals surface area contributed by atoms with Crippen LogP contribution in [0.3, 0.4) is 0 Å². The van der Waals surface area contributed by atoms with Gasteiger partial charge in [0.25, 0.3) is 0 Å². The van der Waals surface area contributed by atoms with Crippen LogP contribution < -0.4 is 5.32 Å². The number of rotatable bonds is 1. The molecule has 1 saturated heterocycles. The first-order valence-corrected chi connectivity index (χ1v) is 7.37. The summed E-state index contributed by atoms with van der Waals surface area (Å²) in [5.41, 5.74) is -1.21. The molecule has 2 heterocycles. The number of fused-ring (bicyclic) bond motifs is 1. The van der Waals surface area contributed by atoms with E-state index in [1.807, 2.05) is 6.07 Å². The Bertz CT molecular complexity index is 617. The Labute approximate surface area is 120 Å². The van der Waals surface area contributed by atoms with E-state index < -0.39 is 11.6 Å². The molecule has 1 N–H and O–H groups in total. The summed E-state index contributed by atoms with van der Waals surface area (Å²) in [6.07, 6.45) is -4.22. The Morgan fingerprint density at radius 3 is 2.79 bits per heavy atom. The first-order valence-electron chi connectivity index (χ1n) is 5.76. The van der Waals surface area contributed by atoms with Gasteiger partial charge in [0, 0.05) is 11.0 Å². The highest BCUT2D eigenvalue weighted by Gasteiger charge is 2.59. The molecule has 1 atom stereocenters. The van der Waals surface area contributed by atoms with E-state index in [2.05, 4.69) is 26.2 Å². The van der Waals surface area contributed by atoms with Crippen molar-refractivity contribution >= 4 is 37.5 Å². The third-order valence-electron chi connectivity index (χ3n) is 3.46. The topological polar surface area (TPSA) is 24.9 Å². The van der Waals surface area contributed by atoms with E-state index in [4.69, 9.17) is 0 Å². The van der Waals surface area contributed by atoms with E-state index in [9.17, 15) is 13.2 Å². The molecular formula is C12H10BrF3N2S. The van der Waals surface area contributed by atoms with Gasteiger partial charge in [0.15, 0.2) is 0 Å². The van der Waals surface area contributed by atoms with Gasteiger partial charge in [0.2, 0.25) is 0 Å². The summed E-state index contributed by atoms with van der Waals surface area (Å²) in [6.45, 7) is 0.288. The molecule has 0 amide bonds. The summed E-state index contributed by atoms with van der Waals surface area (Å²) in [6, 6.07) is 5.34. The number of nitrogens with zero attached hydrogens (tertiary/aromatic N) is 1. The van der Waals surface area contributed by atoms with Crippen molar-refractivity contribution in [2.45, 2.75) is 18.0 Å². The minimum Gasteiger partial charge on any atom is -0.315 e. The largest absolute Gasteiger partial charge is 0.402 e. The van der Waals surface area contributed by atoms with Gasteiger partial charge in [-0.1, -0.05) is 15.9 Å². The number of aromatic nitrogens is 1. The maximum atomic E-state index is 13.4. The standard InChI is InChI=1S/C12H10BrF3N2S/c13-7-1-2-8-9(5-7)19-10(18-8)11(12(14,15)16)3-4-17-6-11/h1-2,5,17H,3-4,6H2. The Morgan fingerprint density at radius 2 is 2.16 bits per heavy atom. The number of alkyl halides is 3. The molecule has 0 aliphatic carbocycles. The third kappa shape index (κ3) is 2.08. The number of hydrogen-bond donors (Lipinski definition) is 1. The van der Waals surface area contributed by atoms with Crippen LogP contribution in [-0.4, -0.2) is 24.2 Å². The average molecular weight is 351 g/mol. The van der Waals surface area contributed by atoms with Crippen molar-refractivity contribution in [2.24, 2.45) is 0 Å². The molecular weight excluding hydrogens is 341 g/mol. The number of nitrogens with one attached hydrogen (secondary N) is 1. The van der Waals surface area contributed by atoms with Crippen LogP contribution in [-0.2, 0) is 5.41 Å².